The third kappa shape index (κ3) is 4.47. The van der Waals surface area contributed by atoms with Gasteiger partial charge in [-0.2, -0.15) is 0 Å². The van der Waals surface area contributed by atoms with E-state index in [-0.39, 0.29) is 5.78 Å². The Bertz CT molecular complexity index is 397. The van der Waals surface area contributed by atoms with E-state index in [1.54, 1.807) is 6.92 Å². The summed E-state index contributed by atoms with van der Waals surface area (Å²) in [6, 6.07) is 7.86. The van der Waals surface area contributed by atoms with Crippen LogP contribution >= 0.6 is 0 Å². The monoisotopic (exact) mass is 235 g/mol. The normalized spacial score (nSPS) is 11.1. The average Bonchev–Trinajstić information content (AvgIpc) is 2.14. The summed E-state index contributed by atoms with van der Waals surface area (Å²) in [4.78, 5) is 13.2. The molecule has 0 fully saturated rings. The molecule has 1 aromatic carbocycles. The molecule has 0 N–H and O–H groups in total. The number of carbonyl (C=O) groups excluding carboxylic acids is 1. The van der Waals surface area contributed by atoms with E-state index in [4.69, 9.17) is 4.74 Å². The van der Waals surface area contributed by atoms with Gasteiger partial charge in [0.1, 0.15) is 17.1 Å². The van der Waals surface area contributed by atoms with E-state index in [9.17, 15) is 4.79 Å². The Morgan fingerprint density at radius 3 is 2.53 bits per heavy atom. The van der Waals surface area contributed by atoms with Crippen molar-refractivity contribution in [1.82, 2.24) is 0 Å². The number of anilines is 1. The van der Waals surface area contributed by atoms with E-state index >= 15 is 0 Å². The van der Waals surface area contributed by atoms with Crippen LogP contribution in [-0.2, 0) is 4.79 Å². The molecular formula is C14H21NO2. The van der Waals surface area contributed by atoms with Crippen LogP contribution in [0.1, 0.15) is 27.2 Å². The highest BCUT2D eigenvalue weighted by Gasteiger charge is 2.22. The van der Waals surface area contributed by atoms with Gasteiger partial charge in [-0.3, -0.25) is 4.79 Å². The molecule has 0 unspecified atom stereocenters. The van der Waals surface area contributed by atoms with Crippen molar-refractivity contribution < 1.29 is 9.53 Å². The van der Waals surface area contributed by atoms with Crippen LogP contribution in [0.3, 0.4) is 0 Å². The van der Waals surface area contributed by atoms with Crippen molar-refractivity contribution in [1.29, 1.82) is 0 Å². The minimum absolute atomic E-state index is 0.138. The lowest BCUT2D eigenvalue weighted by atomic mass is 10.0. The van der Waals surface area contributed by atoms with Crippen LogP contribution in [-0.4, -0.2) is 25.5 Å². The van der Waals surface area contributed by atoms with E-state index in [1.807, 2.05) is 57.1 Å². The largest absolute Gasteiger partial charge is 0.487 e. The lowest BCUT2D eigenvalue weighted by molar-refractivity contribution is -0.120. The van der Waals surface area contributed by atoms with Gasteiger partial charge in [0, 0.05) is 32.3 Å². The molecule has 0 radical (unpaired) electrons. The van der Waals surface area contributed by atoms with Gasteiger partial charge in [0.2, 0.25) is 0 Å². The van der Waals surface area contributed by atoms with Crippen molar-refractivity contribution in [2.75, 3.05) is 19.0 Å². The molecule has 0 aromatic heterocycles. The first kappa shape index (κ1) is 13.6. The van der Waals surface area contributed by atoms with Crippen molar-refractivity contribution in [2.45, 2.75) is 32.8 Å². The zero-order chi connectivity index (χ0) is 13.1. The van der Waals surface area contributed by atoms with Gasteiger partial charge < -0.3 is 9.64 Å². The lowest BCUT2D eigenvalue weighted by Crippen LogP contribution is -2.30. The molecule has 3 nitrogen and oxygen atoms in total. The number of ketones is 1. The van der Waals surface area contributed by atoms with Crippen molar-refractivity contribution in [3.05, 3.63) is 24.3 Å². The summed E-state index contributed by atoms with van der Waals surface area (Å²) in [6.45, 7) is 5.44. The van der Waals surface area contributed by atoms with Gasteiger partial charge in [-0.05, 0) is 32.9 Å². The summed E-state index contributed by atoms with van der Waals surface area (Å²) in [5.74, 6) is 0.932. The molecular weight excluding hydrogens is 214 g/mol. The maximum absolute atomic E-state index is 11.1. The van der Waals surface area contributed by atoms with Crippen LogP contribution in [0.25, 0.3) is 0 Å². The summed E-state index contributed by atoms with van der Waals surface area (Å²) >= 11 is 0. The maximum Gasteiger partial charge on any atom is 0.133 e. The molecule has 0 saturated carbocycles. The summed E-state index contributed by atoms with van der Waals surface area (Å²) in [6.07, 6.45) is 0.416. The van der Waals surface area contributed by atoms with E-state index in [1.165, 1.54) is 0 Å². The van der Waals surface area contributed by atoms with E-state index in [0.29, 0.717) is 6.42 Å². The first-order valence-corrected chi connectivity index (χ1v) is 5.76. The highest BCUT2D eigenvalue weighted by molar-refractivity contribution is 5.76. The minimum atomic E-state index is -0.462. The van der Waals surface area contributed by atoms with E-state index in [0.717, 1.165) is 11.4 Å². The Morgan fingerprint density at radius 2 is 2.00 bits per heavy atom. The Morgan fingerprint density at radius 1 is 1.35 bits per heavy atom. The second kappa shape index (κ2) is 5.21. The summed E-state index contributed by atoms with van der Waals surface area (Å²) in [7, 11) is 3.97. The van der Waals surface area contributed by atoms with Gasteiger partial charge in [0.25, 0.3) is 0 Å². The van der Waals surface area contributed by atoms with Gasteiger partial charge in [-0.25, -0.2) is 0 Å². The Hall–Kier alpha value is -1.51. The van der Waals surface area contributed by atoms with Crippen molar-refractivity contribution >= 4 is 11.5 Å². The number of hydrogen-bond donors (Lipinski definition) is 0. The van der Waals surface area contributed by atoms with Gasteiger partial charge in [-0.15, -0.1) is 0 Å². The van der Waals surface area contributed by atoms with Crippen LogP contribution in [0.15, 0.2) is 24.3 Å². The minimum Gasteiger partial charge on any atom is -0.487 e. The smallest absolute Gasteiger partial charge is 0.133 e. The van der Waals surface area contributed by atoms with E-state index < -0.39 is 5.60 Å². The van der Waals surface area contributed by atoms with Gasteiger partial charge >= 0.3 is 0 Å². The third-order valence-electron chi connectivity index (χ3n) is 2.40. The fourth-order valence-corrected chi connectivity index (χ4v) is 1.78. The second-order valence-electron chi connectivity index (χ2n) is 5.13. The first-order chi connectivity index (χ1) is 7.80. The van der Waals surface area contributed by atoms with Crippen molar-refractivity contribution in [2.24, 2.45) is 0 Å². The van der Waals surface area contributed by atoms with Crippen molar-refractivity contribution in [3.63, 3.8) is 0 Å². The SMILES string of the molecule is CC(=O)CC(C)(C)Oc1cccc(N(C)C)c1. The Balaban J connectivity index is 2.80. The van der Waals surface area contributed by atoms with E-state index in [2.05, 4.69) is 0 Å². The fraction of sp³-hybridized carbons (Fsp3) is 0.500. The zero-order valence-electron chi connectivity index (χ0n) is 11.3. The fourth-order valence-electron chi connectivity index (χ4n) is 1.78. The second-order valence-corrected chi connectivity index (χ2v) is 5.13. The van der Waals surface area contributed by atoms with Crippen molar-refractivity contribution in [3.8, 4) is 5.75 Å². The molecule has 1 aromatic rings. The highest BCUT2D eigenvalue weighted by Crippen LogP contribution is 2.25. The highest BCUT2D eigenvalue weighted by atomic mass is 16.5. The summed E-state index contributed by atoms with van der Waals surface area (Å²) in [5, 5.41) is 0. The Labute approximate surface area is 103 Å². The number of benzene rings is 1. The van der Waals surface area contributed by atoms with Crippen LogP contribution in [0, 0.1) is 0 Å². The number of rotatable bonds is 5. The number of hydrogen-bond acceptors (Lipinski definition) is 3. The zero-order valence-corrected chi connectivity index (χ0v) is 11.3. The molecule has 0 aliphatic heterocycles. The molecule has 3 heteroatoms. The van der Waals surface area contributed by atoms with Crippen LogP contribution in [0.4, 0.5) is 5.69 Å². The predicted molar refractivity (Wildman–Crippen MR) is 70.8 cm³/mol. The van der Waals surface area contributed by atoms with Gasteiger partial charge in [0.15, 0.2) is 0 Å². The molecule has 0 aliphatic rings. The topological polar surface area (TPSA) is 29.5 Å². The Kier molecular flexibility index (Phi) is 4.16. The van der Waals surface area contributed by atoms with Gasteiger partial charge in [-0.1, -0.05) is 6.07 Å². The molecule has 1 rings (SSSR count). The number of carbonyl (C=O) groups is 1. The van der Waals surface area contributed by atoms with Crippen LogP contribution in [0.5, 0.6) is 5.75 Å². The third-order valence-corrected chi connectivity index (χ3v) is 2.40. The quantitative estimate of drug-likeness (QED) is 0.786. The summed E-state index contributed by atoms with van der Waals surface area (Å²) in [5.41, 5.74) is 0.623. The molecule has 94 valence electrons. The average molecular weight is 235 g/mol. The van der Waals surface area contributed by atoms with Crippen LogP contribution in [0.2, 0.25) is 0 Å². The first-order valence-electron chi connectivity index (χ1n) is 5.76. The molecule has 0 heterocycles. The molecule has 0 saturated heterocycles. The molecule has 0 atom stereocenters. The standard InChI is InChI=1S/C14H21NO2/c1-11(16)10-14(2,3)17-13-8-6-7-12(9-13)15(4)5/h6-9H,10H2,1-5H3. The predicted octanol–water partition coefficient (Wildman–Crippen LogP) is 2.89. The van der Waals surface area contributed by atoms with Gasteiger partial charge in [0.05, 0.1) is 0 Å². The molecule has 0 bridgehead atoms. The number of ether oxygens (including phenoxy) is 1. The summed E-state index contributed by atoms with van der Waals surface area (Å²) < 4.78 is 5.86. The molecule has 17 heavy (non-hydrogen) atoms. The number of Topliss-reactive ketones (excluding diaryl/α,β-unsaturated/α-hetero) is 1. The lowest BCUT2D eigenvalue weighted by Gasteiger charge is -2.26. The maximum atomic E-state index is 11.1. The van der Waals surface area contributed by atoms with Crippen LogP contribution < -0.4 is 9.64 Å². The number of nitrogens with zero attached hydrogens (tertiary/aromatic N) is 1. The molecule has 0 spiro atoms. The molecule has 0 aliphatic carbocycles. The molecule has 0 amide bonds.